The van der Waals surface area contributed by atoms with Crippen molar-refractivity contribution in [1.29, 1.82) is 0 Å². The van der Waals surface area contributed by atoms with Crippen molar-refractivity contribution in [3.8, 4) is 0 Å². The van der Waals surface area contributed by atoms with Gasteiger partial charge in [-0.1, -0.05) is 91.7 Å². The smallest absolute Gasteiger partial charge is 0.425 e. The SMILES string of the molecule is CCCCCCNC(=O)n1cc(CO)c(=O)n(C(=O)OCC(C)C)c1=O.CCCCCCNC(=O)n1cc(Cl)c(=O)n(C(=O)OCC(C)C)c1=O. The largest absolute Gasteiger partial charge is 0.448 e. The molecule has 2 amide bonds. The van der Waals surface area contributed by atoms with E-state index >= 15 is 0 Å². The maximum Gasteiger partial charge on any atom is 0.425 e. The van der Waals surface area contributed by atoms with Gasteiger partial charge < -0.3 is 25.2 Å². The molecular weight excluding hydrogens is 692 g/mol. The number of aliphatic hydroxyl groups is 1. The highest BCUT2D eigenvalue weighted by Gasteiger charge is 2.22. The number of nitrogens with one attached hydrogen (secondary N) is 2. The lowest BCUT2D eigenvalue weighted by atomic mass is 10.2. The van der Waals surface area contributed by atoms with Crippen LogP contribution in [0.1, 0.15) is 98.5 Å². The van der Waals surface area contributed by atoms with Crippen molar-refractivity contribution in [2.75, 3.05) is 26.3 Å². The van der Waals surface area contributed by atoms with Crippen LogP contribution in [0.15, 0.2) is 31.6 Å². The van der Waals surface area contributed by atoms with Crippen LogP contribution in [0.2, 0.25) is 5.02 Å². The predicted octanol–water partition coefficient (Wildman–Crippen LogP) is 3.72. The van der Waals surface area contributed by atoms with Crippen molar-refractivity contribution in [3.05, 3.63) is 64.7 Å². The third-order valence-corrected chi connectivity index (χ3v) is 7.13. The number of ether oxygens (including phenoxy) is 2. The molecule has 0 aliphatic rings. The molecule has 0 aliphatic carbocycles. The van der Waals surface area contributed by atoms with Gasteiger partial charge in [0.25, 0.3) is 11.1 Å². The third-order valence-electron chi connectivity index (χ3n) is 6.87. The van der Waals surface area contributed by atoms with Crippen LogP contribution < -0.4 is 33.1 Å². The van der Waals surface area contributed by atoms with E-state index in [1.165, 1.54) is 0 Å². The van der Waals surface area contributed by atoms with Gasteiger partial charge in [0.15, 0.2) is 0 Å². The quantitative estimate of drug-likeness (QED) is 0.223. The minimum absolute atomic E-state index is 0.00400. The van der Waals surface area contributed by atoms with Gasteiger partial charge in [-0.15, -0.1) is 0 Å². The molecule has 2 heterocycles. The molecule has 0 aromatic carbocycles. The van der Waals surface area contributed by atoms with Gasteiger partial charge in [-0.2, -0.15) is 9.13 Å². The topological polar surface area (TPSA) is 219 Å². The molecule has 286 valence electrons. The van der Waals surface area contributed by atoms with Gasteiger partial charge in [0.1, 0.15) is 5.02 Å². The molecule has 2 rings (SSSR count). The first-order valence-electron chi connectivity index (χ1n) is 17.1. The molecule has 0 unspecified atom stereocenters. The van der Waals surface area contributed by atoms with Crippen molar-refractivity contribution >= 4 is 35.8 Å². The summed E-state index contributed by atoms with van der Waals surface area (Å²) in [5.41, 5.74) is -4.53. The van der Waals surface area contributed by atoms with Crippen LogP contribution in [0.5, 0.6) is 0 Å². The Kier molecular flexibility index (Phi) is 20.1. The zero-order valence-electron chi connectivity index (χ0n) is 30.2. The van der Waals surface area contributed by atoms with E-state index in [0.717, 1.165) is 63.8 Å². The predicted molar refractivity (Wildman–Crippen MR) is 190 cm³/mol. The van der Waals surface area contributed by atoms with Gasteiger partial charge in [0, 0.05) is 25.5 Å². The summed E-state index contributed by atoms with van der Waals surface area (Å²) in [6.45, 7) is 11.4. The lowest BCUT2D eigenvalue weighted by Crippen LogP contribution is -2.49. The molecule has 3 N–H and O–H groups in total. The number of hydrogen-bond acceptors (Lipinski definition) is 11. The van der Waals surface area contributed by atoms with Gasteiger partial charge in [-0.3, -0.25) is 9.59 Å². The Morgan fingerprint density at radius 1 is 0.686 bits per heavy atom. The standard InChI is InChI=1S/C17H27N3O6.C16H24ClN3O5/c1-4-5-6-7-8-18-15(23)19-9-13(10-21)14(22)20(16(19)24)17(25)26-11-12(2)3;1-4-5-6-7-8-18-14(22)19-9-12(17)13(21)20(15(19)23)16(24)25-10-11(2)3/h9,12,21H,4-8,10-11H2,1-3H3,(H,18,23);9,11H,4-8,10H2,1-3H3,(H,18,22). The molecule has 17 nitrogen and oxygen atoms in total. The molecule has 2 aromatic heterocycles. The first-order valence-corrected chi connectivity index (χ1v) is 17.4. The van der Waals surface area contributed by atoms with Crippen LogP contribution in [-0.4, -0.2) is 73.9 Å². The number of carbonyl (C=O) groups excluding carboxylic acids is 4. The molecule has 0 atom stereocenters. The maximum atomic E-state index is 12.4. The summed E-state index contributed by atoms with van der Waals surface area (Å²) in [5, 5.41) is 14.0. The van der Waals surface area contributed by atoms with Crippen LogP contribution in [-0.2, 0) is 16.1 Å². The fourth-order valence-corrected chi connectivity index (χ4v) is 4.30. The van der Waals surface area contributed by atoms with E-state index in [2.05, 4.69) is 24.5 Å². The van der Waals surface area contributed by atoms with Gasteiger partial charge >= 0.3 is 35.6 Å². The summed E-state index contributed by atoms with van der Waals surface area (Å²) in [6.07, 6.45) is 7.12. The molecule has 0 fully saturated rings. The second kappa shape index (κ2) is 23.1. The molecule has 0 saturated carbocycles. The van der Waals surface area contributed by atoms with E-state index < -0.39 is 58.4 Å². The fraction of sp³-hybridized carbons (Fsp3) is 0.636. The minimum atomic E-state index is -1.17. The van der Waals surface area contributed by atoms with Crippen LogP contribution >= 0.6 is 11.6 Å². The first kappa shape index (κ1) is 44.5. The molecule has 0 aliphatic heterocycles. The van der Waals surface area contributed by atoms with E-state index in [1.807, 2.05) is 0 Å². The van der Waals surface area contributed by atoms with Crippen molar-refractivity contribution < 1.29 is 33.8 Å². The van der Waals surface area contributed by atoms with Gasteiger partial charge in [-0.05, 0) is 24.7 Å². The molecule has 0 spiro atoms. The minimum Gasteiger partial charge on any atom is -0.448 e. The summed E-state index contributed by atoms with van der Waals surface area (Å²) < 4.78 is 11.4. The first-order chi connectivity index (χ1) is 24.1. The molecule has 0 bridgehead atoms. The van der Waals surface area contributed by atoms with E-state index in [1.54, 1.807) is 27.7 Å². The highest BCUT2D eigenvalue weighted by atomic mass is 35.5. The second-order valence-corrected chi connectivity index (χ2v) is 12.8. The van der Waals surface area contributed by atoms with Gasteiger partial charge in [0.05, 0.1) is 25.4 Å². The van der Waals surface area contributed by atoms with Crippen molar-refractivity contribution in [3.63, 3.8) is 0 Å². The molecule has 0 saturated heterocycles. The Labute approximate surface area is 300 Å². The number of hydrogen-bond donors (Lipinski definition) is 3. The Bertz CT molecular complexity index is 1710. The number of aromatic nitrogens is 4. The Morgan fingerprint density at radius 3 is 1.49 bits per heavy atom. The number of nitrogens with zero attached hydrogens (tertiary/aromatic N) is 4. The van der Waals surface area contributed by atoms with Crippen LogP contribution in [0.3, 0.4) is 0 Å². The summed E-state index contributed by atoms with van der Waals surface area (Å²) in [6, 6.07) is -1.53. The number of aliphatic hydroxyl groups excluding tert-OH is 1. The molecular formula is C33H51ClN6O11. The van der Waals surface area contributed by atoms with Crippen LogP contribution in [0.25, 0.3) is 0 Å². The van der Waals surface area contributed by atoms with Crippen LogP contribution in [0, 0.1) is 11.8 Å². The van der Waals surface area contributed by atoms with Crippen molar-refractivity contribution in [1.82, 2.24) is 28.9 Å². The summed E-state index contributed by atoms with van der Waals surface area (Å²) in [4.78, 5) is 97.3. The third kappa shape index (κ3) is 14.3. The molecule has 2 aromatic rings. The number of halogens is 1. The lowest BCUT2D eigenvalue weighted by Gasteiger charge is -2.12. The lowest BCUT2D eigenvalue weighted by molar-refractivity contribution is 0.131. The zero-order valence-corrected chi connectivity index (χ0v) is 31.0. The monoisotopic (exact) mass is 742 g/mol. The van der Waals surface area contributed by atoms with E-state index in [4.69, 9.17) is 21.1 Å². The summed E-state index contributed by atoms with van der Waals surface area (Å²) in [7, 11) is 0. The van der Waals surface area contributed by atoms with E-state index in [-0.39, 0.29) is 39.7 Å². The fourth-order valence-electron chi connectivity index (χ4n) is 4.12. The Hall–Kier alpha value is -4.51. The molecule has 51 heavy (non-hydrogen) atoms. The van der Waals surface area contributed by atoms with Crippen LogP contribution in [0.4, 0.5) is 19.2 Å². The van der Waals surface area contributed by atoms with E-state index in [9.17, 15) is 43.5 Å². The zero-order chi connectivity index (χ0) is 38.7. The van der Waals surface area contributed by atoms with E-state index in [0.29, 0.717) is 22.2 Å². The average Bonchev–Trinajstić information content (AvgIpc) is 3.08. The van der Waals surface area contributed by atoms with Crippen molar-refractivity contribution in [2.24, 2.45) is 11.8 Å². The highest BCUT2D eigenvalue weighted by molar-refractivity contribution is 6.30. The number of amides is 2. The highest BCUT2D eigenvalue weighted by Crippen LogP contribution is 2.02. The second-order valence-electron chi connectivity index (χ2n) is 12.4. The van der Waals surface area contributed by atoms with Gasteiger partial charge in [-0.25, -0.2) is 37.9 Å². The van der Waals surface area contributed by atoms with Crippen molar-refractivity contribution in [2.45, 2.75) is 99.5 Å². The number of rotatable bonds is 15. The van der Waals surface area contributed by atoms with Gasteiger partial charge in [0.2, 0.25) is 0 Å². The Balaban J connectivity index is 0.000000510. The summed E-state index contributed by atoms with van der Waals surface area (Å²) >= 11 is 5.76. The molecule has 0 radical (unpaired) electrons. The summed E-state index contributed by atoms with van der Waals surface area (Å²) in [5.74, 6) is 0.0248. The normalized spacial score (nSPS) is 10.8. The maximum absolute atomic E-state index is 12.4. The number of unbranched alkanes of at least 4 members (excludes halogenated alkanes) is 6. The molecule has 18 heteroatoms. The average molecular weight is 743 g/mol. The Morgan fingerprint density at radius 2 is 1.10 bits per heavy atom. The number of carbonyl (C=O) groups is 4.